The van der Waals surface area contributed by atoms with Crippen LogP contribution in [0.5, 0.6) is 0 Å². The van der Waals surface area contributed by atoms with Gasteiger partial charge in [-0.3, -0.25) is 4.79 Å². The fourth-order valence-electron chi connectivity index (χ4n) is 2.67. The SMILES string of the molecule is CCOC(=O)C(C)(CC(C)N1CCC(C)C1)NC. The van der Waals surface area contributed by atoms with E-state index in [1.165, 1.54) is 6.42 Å². The highest BCUT2D eigenvalue weighted by atomic mass is 16.5. The molecule has 0 aromatic rings. The number of esters is 1. The van der Waals surface area contributed by atoms with Crippen LogP contribution in [0.25, 0.3) is 0 Å². The number of rotatable bonds is 6. The number of hydrogen-bond donors (Lipinski definition) is 1. The standard InChI is InChI=1S/C14H28N2O2/c1-6-18-13(17)14(4,15-5)9-12(3)16-8-7-11(2)10-16/h11-12,15H,6-10H2,1-5H3. The summed E-state index contributed by atoms with van der Waals surface area (Å²) in [7, 11) is 1.83. The number of hydrogen-bond acceptors (Lipinski definition) is 4. The first kappa shape index (κ1) is 15.4. The zero-order valence-electron chi connectivity index (χ0n) is 12.5. The van der Waals surface area contributed by atoms with Crippen LogP contribution in [-0.2, 0) is 9.53 Å². The first-order valence-electron chi connectivity index (χ1n) is 7.03. The molecule has 0 spiro atoms. The third kappa shape index (κ3) is 3.69. The Morgan fingerprint density at radius 3 is 2.72 bits per heavy atom. The number of likely N-dealkylation sites (N-methyl/N-ethyl adjacent to an activating group) is 1. The van der Waals surface area contributed by atoms with Crippen molar-refractivity contribution in [3.05, 3.63) is 0 Å². The maximum absolute atomic E-state index is 12.0. The number of carbonyl (C=O) groups is 1. The Kier molecular flexibility index (Phi) is 5.60. The summed E-state index contributed by atoms with van der Waals surface area (Å²) in [5.41, 5.74) is -0.582. The van der Waals surface area contributed by atoms with Crippen LogP contribution in [0.1, 0.15) is 40.5 Å². The van der Waals surface area contributed by atoms with Crippen LogP contribution in [0, 0.1) is 5.92 Å². The Bertz CT molecular complexity index is 283. The third-order valence-electron chi connectivity index (χ3n) is 4.06. The van der Waals surface area contributed by atoms with Gasteiger partial charge in [-0.25, -0.2) is 0 Å². The van der Waals surface area contributed by atoms with Gasteiger partial charge in [0, 0.05) is 12.6 Å². The van der Waals surface area contributed by atoms with Crippen molar-refractivity contribution in [2.75, 3.05) is 26.7 Å². The smallest absolute Gasteiger partial charge is 0.326 e. The maximum Gasteiger partial charge on any atom is 0.326 e. The van der Waals surface area contributed by atoms with Crippen molar-refractivity contribution >= 4 is 5.97 Å². The van der Waals surface area contributed by atoms with E-state index in [-0.39, 0.29) is 5.97 Å². The van der Waals surface area contributed by atoms with Crippen LogP contribution in [0.2, 0.25) is 0 Å². The lowest BCUT2D eigenvalue weighted by atomic mass is 9.93. The summed E-state index contributed by atoms with van der Waals surface area (Å²) in [5, 5.41) is 3.13. The summed E-state index contributed by atoms with van der Waals surface area (Å²) in [4.78, 5) is 14.5. The van der Waals surface area contributed by atoms with E-state index in [2.05, 4.69) is 24.1 Å². The molecule has 0 aliphatic carbocycles. The molecule has 0 radical (unpaired) electrons. The molecule has 1 saturated heterocycles. The lowest BCUT2D eigenvalue weighted by Gasteiger charge is -2.33. The lowest BCUT2D eigenvalue weighted by molar-refractivity contribution is -0.151. The van der Waals surface area contributed by atoms with E-state index in [1.807, 2.05) is 20.9 Å². The molecule has 18 heavy (non-hydrogen) atoms. The van der Waals surface area contributed by atoms with E-state index in [0.717, 1.165) is 25.4 Å². The molecule has 106 valence electrons. The molecule has 3 atom stereocenters. The van der Waals surface area contributed by atoms with E-state index in [1.54, 1.807) is 0 Å². The molecule has 0 saturated carbocycles. The van der Waals surface area contributed by atoms with Gasteiger partial charge >= 0.3 is 5.97 Å². The minimum atomic E-state index is -0.582. The molecule has 0 amide bonds. The third-order valence-corrected chi connectivity index (χ3v) is 4.06. The van der Waals surface area contributed by atoms with Gasteiger partial charge in [-0.15, -0.1) is 0 Å². The fraction of sp³-hybridized carbons (Fsp3) is 0.929. The van der Waals surface area contributed by atoms with Crippen LogP contribution in [0.4, 0.5) is 0 Å². The zero-order chi connectivity index (χ0) is 13.8. The van der Waals surface area contributed by atoms with E-state index < -0.39 is 5.54 Å². The van der Waals surface area contributed by atoms with Gasteiger partial charge in [0.25, 0.3) is 0 Å². The normalized spacial score (nSPS) is 25.7. The van der Waals surface area contributed by atoms with Crippen LogP contribution in [-0.4, -0.2) is 49.2 Å². The van der Waals surface area contributed by atoms with Crippen LogP contribution in [0.3, 0.4) is 0 Å². The van der Waals surface area contributed by atoms with Gasteiger partial charge in [0.05, 0.1) is 6.61 Å². The summed E-state index contributed by atoms with van der Waals surface area (Å²) in [6, 6.07) is 0.400. The summed E-state index contributed by atoms with van der Waals surface area (Å²) >= 11 is 0. The molecule has 1 N–H and O–H groups in total. The van der Waals surface area contributed by atoms with Crippen molar-refractivity contribution in [1.82, 2.24) is 10.2 Å². The molecular formula is C14H28N2O2. The van der Waals surface area contributed by atoms with Crippen molar-refractivity contribution < 1.29 is 9.53 Å². The fourth-order valence-corrected chi connectivity index (χ4v) is 2.67. The average Bonchev–Trinajstić information content (AvgIpc) is 2.76. The maximum atomic E-state index is 12.0. The van der Waals surface area contributed by atoms with Gasteiger partial charge in [-0.05, 0) is 53.1 Å². The van der Waals surface area contributed by atoms with E-state index in [9.17, 15) is 4.79 Å². The summed E-state index contributed by atoms with van der Waals surface area (Å²) in [6.45, 7) is 11.0. The Balaban J connectivity index is 2.58. The number of carbonyl (C=O) groups excluding carboxylic acids is 1. The Morgan fingerprint density at radius 1 is 1.61 bits per heavy atom. The second kappa shape index (κ2) is 6.53. The highest BCUT2D eigenvalue weighted by molar-refractivity contribution is 5.80. The second-order valence-corrected chi connectivity index (χ2v) is 5.74. The first-order chi connectivity index (χ1) is 8.42. The predicted molar refractivity (Wildman–Crippen MR) is 73.5 cm³/mol. The lowest BCUT2D eigenvalue weighted by Crippen LogP contribution is -2.52. The zero-order valence-corrected chi connectivity index (χ0v) is 12.5. The molecule has 0 aromatic heterocycles. The van der Waals surface area contributed by atoms with Crippen molar-refractivity contribution in [3.8, 4) is 0 Å². The van der Waals surface area contributed by atoms with Gasteiger partial charge in [0.15, 0.2) is 0 Å². The summed E-state index contributed by atoms with van der Waals surface area (Å²) in [5.74, 6) is 0.627. The van der Waals surface area contributed by atoms with Crippen LogP contribution < -0.4 is 5.32 Å². The molecule has 1 aliphatic heterocycles. The molecule has 1 fully saturated rings. The van der Waals surface area contributed by atoms with E-state index in [4.69, 9.17) is 4.74 Å². The first-order valence-corrected chi connectivity index (χ1v) is 7.03. The number of ether oxygens (including phenoxy) is 1. The van der Waals surface area contributed by atoms with E-state index >= 15 is 0 Å². The van der Waals surface area contributed by atoms with Gasteiger partial charge < -0.3 is 15.0 Å². The highest BCUT2D eigenvalue weighted by Gasteiger charge is 2.37. The minimum absolute atomic E-state index is 0.147. The predicted octanol–water partition coefficient (Wildman–Crippen LogP) is 1.65. The van der Waals surface area contributed by atoms with Gasteiger partial charge in [-0.1, -0.05) is 6.92 Å². The van der Waals surface area contributed by atoms with Gasteiger partial charge in [0.2, 0.25) is 0 Å². The number of likely N-dealkylation sites (tertiary alicyclic amines) is 1. The van der Waals surface area contributed by atoms with Crippen LogP contribution in [0.15, 0.2) is 0 Å². The van der Waals surface area contributed by atoms with Gasteiger partial charge in [-0.2, -0.15) is 0 Å². The quantitative estimate of drug-likeness (QED) is 0.734. The van der Waals surface area contributed by atoms with Gasteiger partial charge in [0.1, 0.15) is 5.54 Å². The van der Waals surface area contributed by atoms with Crippen molar-refractivity contribution in [2.45, 2.75) is 52.1 Å². The Labute approximate surface area is 111 Å². The summed E-state index contributed by atoms with van der Waals surface area (Å²) < 4.78 is 5.16. The molecule has 4 nitrogen and oxygen atoms in total. The summed E-state index contributed by atoms with van der Waals surface area (Å²) in [6.07, 6.45) is 2.05. The topological polar surface area (TPSA) is 41.6 Å². The average molecular weight is 256 g/mol. The van der Waals surface area contributed by atoms with E-state index in [0.29, 0.717) is 12.6 Å². The van der Waals surface area contributed by atoms with Crippen molar-refractivity contribution in [3.63, 3.8) is 0 Å². The molecule has 1 rings (SSSR count). The molecule has 0 aromatic carbocycles. The number of nitrogens with one attached hydrogen (secondary N) is 1. The molecule has 1 aliphatic rings. The molecule has 3 unspecified atom stereocenters. The minimum Gasteiger partial charge on any atom is -0.465 e. The van der Waals surface area contributed by atoms with Crippen molar-refractivity contribution in [1.29, 1.82) is 0 Å². The molecule has 1 heterocycles. The molecule has 0 bridgehead atoms. The molecule has 4 heteroatoms. The number of nitrogens with zero attached hydrogens (tertiary/aromatic N) is 1. The van der Waals surface area contributed by atoms with Crippen LogP contribution >= 0.6 is 0 Å². The largest absolute Gasteiger partial charge is 0.465 e. The Morgan fingerprint density at radius 2 is 2.28 bits per heavy atom. The Hall–Kier alpha value is -0.610. The molecular weight excluding hydrogens is 228 g/mol. The monoisotopic (exact) mass is 256 g/mol. The highest BCUT2D eigenvalue weighted by Crippen LogP contribution is 2.23. The second-order valence-electron chi connectivity index (χ2n) is 5.74. The van der Waals surface area contributed by atoms with Crippen molar-refractivity contribution in [2.24, 2.45) is 5.92 Å².